The summed E-state index contributed by atoms with van der Waals surface area (Å²) >= 11 is 6.31. The largest absolute Gasteiger partial charge is 0.495 e. The maximum atomic E-state index is 12.9. The summed E-state index contributed by atoms with van der Waals surface area (Å²) in [5.41, 5.74) is 2.33. The predicted molar refractivity (Wildman–Crippen MR) is 137 cm³/mol. The van der Waals surface area contributed by atoms with Gasteiger partial charge in [-0.3, -0.25) is 4.79 Å². The zero-order valence-corrected chi connectivity index (χ0v) is 21.8. The number of aromatic nitrogens is 2. The molecule has 13 heteroatoms. The minimum Gasteiger partial charge on any atom is -0.495 e. The number of hydrogen-bond acceptors (Lipinski definition) is 7. The van der Waals surface area contributed by atoms with Crippen LogP contribution in [0.3, 0.4) is 0 Å². The number of anilines is 4. The van der Waals surface area contributed by atoms with E-state index in [1.54, 1.807) is 49.7 Å². The summed E-state index contributed by atoms with van der Waals surface area (Å²) in [5.74, 6) is -1.04. The third-order valence-electron chi connectivity index (χ3n) is 5.79. The lowest BCUT2D eigenvalue weighted by molar-refractivity contribution is -0.186. The summed E-state index contributed by atoms with van der Waals surface area (Å²) in [6.07, 6.45) is -3.29. The Hall–Kier alpha value is -3.30. The molecule has 196 valence electrons. The Morgan fingerprint density at radius 3 is 2.54 bits per heavy atom. The first-order valence-corrected chi connectivity index (χ1v) is 14.1. The molecule has 0 unspecified atom stereocenters. The van der Waals surface area contributed by atoms with E-state index in [0.717, 1.165) is 10.5 Å². The van der Waals surface area contributed by atoms with Crippen LogP contribution in [0.15, 0.2) is 42.6 Å². The summed E-state index contributed by atoms with van der Waals surface area (Å²) in [5, 5.41) is 6.98. The topological polar surface area (TPSA) is 96.4 Å². The highest BCUT2D eigenvalue weighted by atomic mass is 35.5. The summed E-state index contributed by atoms with van der Waals surface area (Å²) in [7, 11) is -1.13. The van der Waals surface area contributed by atoms with E-state index in [-0.39, 0.29) is 36.3 Å². The van der Waals surface area contributed by atoms with Gasteiger partial charge in [-0.25, -0.2) is 4.98 Å². The van der Waals surface area contributed by atoms with E-state index >= 15 is 0 Å². The number of nitrogens with one attached hydrogen (secondary N) is 2. The standard InChI is InChI=1S/C24H24ClF3N5O3P/c1-36-19-11-14-8-9-33(22(34)24(26,27)28)13-15(14)10-18(19)31-23-29-12-16(25)21(32-23)30-17-6-4-5-7-20(17)37(2,3)35/h4-7,10-12H,8-9,13H2,1-3H3,(H2,29,30,31,32). The van der Waals surface area contributed by atoms with E-state index in [1.165, 1.54) is 13.3 Å². The van der Waals surface area contributed by atoms with Crippen LogP contribution in [0.2, 0.25) is 5.02 Å². The van der Waals surface area contributed by atoms with E-state index in [9.17, 15) is 22.5 Å². The van der Waals surface area contributed by atoms with Gasteiger partial charge in [0.1, 0.15) is 17.9 Å². The van der Waals surface area contributed by atoms with Gasteiger partial charge in [0.15, 0.2) is 5.82 Å². The maximum Gasteiger partial charge on any atom is 0.471 e. The Balaban J connectivity index is 1.63. The van der Waals surface area contributed by atoms with Crippen LogP contribution in [0.5, 0.6) is 5.75 Å². The Morgan fingerprint density at radius 2 is 1.86 bits per heavy atom. The summed E-state index contributed by atoms with van der Waals surface area (Å²) < 4.78 is 57.0. The number of rotatable bonds is 6. The smallest absolute Gasteiger partial charge is 0.471 e. The number of nitrogens with zero attached hydrogens (tertiary/aromatic N) is 3. The van der Waals surface area contributed by atoms with Crippen molar-refractivity contribution < 1.29 is 27.3 Å². The molecule has 0 bridgehead atoms. The molecule has 0 saturated carbocycles. The van der Waals surface area contributed by atoms with Gasteiger partial charge in [0, 0.05) is 18.4 Å². The monoisotopic (exact) mass is 553 g/mol. The number of hydrogen-bond donors (Lipinski definition) is 2. The van der Waals surface area contributed by atoms with Gasteiger partial charge in [-0.2, -0.15) is 18.2 Å². The third-order valence-corrected chi connectivity index (χ3v) is 7.62. The van der Waals surface area contributed by atoms with E-state index in [2.05, 4.69) is 20.6 Å². The highest BCUT2D eigenvalue weighted by Crippen LogP contribution is 2.39. The molecule has 1 aromatic heterocycles. The molecule has 0 saturated heterocycles. The highest BCUT2D eigenvalue weighted by molar-refractivity contribution is 7.70. The fraction of sp³-hybridized carbons (Fsp3) is 0.292. The highest BCUT2D eigenvalue weighted by Gasteiger charge is 2.43. The minimum absolute atomic E-state index is 0.0411. The molecule has 8 nitrogen and oxygen atoms in total. The first-order chi connectivity index (χ1) is 17.4. The molecule has 2 aromatic carbocycles. The Morgan fingerprint density at radius 1 is 1.14 bits per heavy atom. The summed E-state index contributed by atoms with van der Waals surface area (Å²) in [6, 6.07) is 10.5. The molecule has 2 heterocycles. The molecule has 0 spiro atoms. The quantitative estimate of drug-likeness (QED) is 0.399. The zero-order chi connectivity index (χ0) is 27.0. The predicted octanol–water partition coefficient (Wildman–Crippen LogP) is 5.32. The molecule has 0 radical (unpaired) electrons. The van der Waals surface area contributed by atoms with Crippen molar-refractivity contribution in [3.63, 3.8) is 0 Å². The van der Waals surface area contributed by atoms with E-state index in [4.69, 9.17) is 16.3 Å². The molecule has 3 aromatic rings. The first kappa shape index (κ1) is 26.8. The Labute approximate surface area is 216 Å². The van der Waals surface area contributed by atoms with Crippen LogP contribution in [-0.2, 0) is 22.3 Å². The van der Waals surface area contributed by atoms with Crippen molar-refractivity contribution in [1.82, 2.24) is 14.9 Å². The Bertz CT molecular complexity index is 1400. The van der Waals surface area contributed by atoms with Gasteiger partial charge in [0.25, 0.3) is 0 Å². The molecule has 0 fully saturated rings. The number of para-hydroxylation sites is 1. The molecule has 1 aliphatic rings. The van der Waals surface area contributed by atoms with Crippen LogP contribution in [0.1, 0.15) is 11.1 Å². The van der Waals surface area contributed by atoms with Crippen molar-refractivity contribution in [2.75, 3.05) is 37.6 Å². The van der Waals surface area contributed by atoms with Crippen molar-refractivity contribution >= 4 is 53.1 Å². The lowest BCUT2D eigenvalue weighted by atomic mass is 9.98. The lowest BCUT2D eigenvalue weighted by Gasteiger charge is -2.30. The number of carbonyl (C=O) groups is 1. The van der Waals surface area contributed by atoms with Gasteiger partial charge in [-0.15, -0.1) is 0 Å². The number of halogens is 4. The van der Waals surface area contributed by atoms with Crippen molar-refractivity contribution in [2.45, 2.75) is 19.1 Å². The van der Waals surface area contributed by atoms with Crippen LogP contribution in [0.4, 0.5) is 36.3 Å². The second-order valence-corrected chi connectivity index (χ2v) is 12.4. The number of alkyl halides is 3. The van der Waals surface area contributed by atoms with E-state index < -0.39 is 19.2 Å². The molecule has 1 aliphatic heterocycles. The number of methoxy groups -OCH3 is 1. The van der Waals surface area contributed by atoms with Crippen LogP contribution in [0, 0.1) is 0 Å². The van der Waals surface area contributed by atoms with Gasteiger partial charge < -0.3 is 24.8 Å². The molecule has 2 N–H and O–H groups in total. The van der Waals surface area contributed by atoms with E-state index in [0.29, 0.717) is 28.0 Å². The number of carbonyl (C=O) groups excluding carboxylic acids is 1. The number of ether oxygens (including phenoxy) is 1. The number of amides is 1. The Kier molecular flexibility index (Phi) is 7.39. The SMILES string of the molecule is COc1cc2c(cc1Nc1ncc(Cl)c(Nc3ccccc3P(C)(C)=O)n1)CN(C(=O)C(F)(F)F)CC2. The minimum atomic E-state index is -4.94. The van der Waals surface area contributed by atoms with Gasteiger partial charge >= 0.3 is 12.1 Å². The van der Waals surface area contributed by atoms with Crippen molar-refractivity contribution in [1.29, 1.82) is 0 Å². The summed E-state index contributed by atoms with van der Waals surface area (Å²) in [6.45, 7) is 3.09. The molecule has 0 aliphatic carbocycles. The molecular weight excluding hydrogens is 530 g/mol. The molecule has 0 atom stereocenters. The average molecular weight is 554 g/mol. The number of fused-ring (bicyclic) bond motifs is 1. The van der Waals surface area contributed by atoms with E-state index in [1.807, 2.05) is 0 Å². The van der Waals surface area contributed by atoms with Crippen LogP contribution >= 0.6 is 18.7 Å². The van der Waals surface area contributed by atoms with Crippen LogP contribution < -0.4 is 20.7 Å². The molecule has 1 amide bonds. The molecular formula is C24H24ClF3N5O3P. The second kappa shape index (κ2) is 10.2. The first-order valence-electron chi connectivity index (χ1n) is 11.1. The summed E-state index contributed by atoms with van der Waals surface area (Å²) in [4.78, 5) is 21.1. The lowest BCUT2D eigenvalue weighted by Crippen LogP contribution is -2.43. The van der Waals surface area contributed by atoms with Gasteiger partial charge in [0.05, 0.1) is 24.7 Å². The molecule has 4 rings (SSSR count). The van der Waals surface area contributed by atoms with Crippen molar-refractivity contribution in [3.05, 3.63) is 58.7 Å². The maximum absolute atomic E-state index is 12.9. The average Bonchev–Trinajstić information content (AvgIpc) is 2.84. The fourth-order valence-electron chi connectivity index (χ4n) is 4.02. The van der Waals surface area contributed by atoms with Gasteiger partial charge in [-0.1, -0.05) is 23.7 Å². The zero-order valence-electron chi connectivity index (χ0n) is 20.2. The van der Waals surface area contributed by atoms with Crippen LogP contribution in [0.25, 0.3) is 0 Å². The van der Waals surface area contributed by atoms with Crippen molar-refractivity contribution in [2.24, 2.45) is 0 Å². The van der Waals surface area contributed by atoms with Crippen LogP contribution in [-0.4, -0.2) is 53.9 Å². The fourth-order valence-corrected chi connectivity index (χ4v) is 5.31. The van der Waals surface area contributed by atoms with Crippen molar-refractivity contribution in [3.8, 4) is 5.75 Å². The third kappa shape index (κ3) is 5.99. The van der Waals surface area contributed by atoms with Gasteiger partial charge in [-0.05, 0) is 55.1 Å². The normalized spacial score (nSPS) is 13.6. The number of benzene rings is 2. The van der Waals surface area contributed by atoms with Gasteiger partial charge in [0.2, 0.25) is 5.95 Å². The second-order valence-electron chi connectivity index (χ2n) is 8.80. The molecule has 37 heavy (non-hydrogen) atoms.